The van der Waals surface area contributed by atoms with Crippen molar-refractivity contribution in [1.82, 2.24) is 10.3 Å². The number of piperidine rings is 1. The summed E-state index contributed by atoms with van der Waals surface area (Å²) >= 11 is 0. The van der Waals surface area contributed by atoms with E-state index < -0.39 is 12.8 Å². The summed E-state index contributed by atoms with van der Waals surface area (Å²) in [5.74, 6) is -0.163. The van der Waals surface area contributed by atoms with E-state index in [0.29, 0.717) is 30.9 Å². The van der Waals surface area contributed by atoms with Crippen LogP contribution in [0.5, 0.6) is 0 Å². The van der Waals surface area contributed by atoms with Gasteiger partial charge < -0.3 is 16.2 Å². The Labute approximate surface area is 110 Å². The number of nitrogens with zero attached hydrogens (tertiary/aromatic N) is 2. The highest BCUT2D eigenvalue weighted by molar-refractivity contribution is 5.90. The lowest BCUT2D eigenvalue weighted by Gasteiger charge is -2.36. The Morgan fingerprint density at radius 1 is 1.63 bits per heavy atom. The maximum Gasteiger partial charge on any atom is 0.412 e. The molecule has 1 aliphatic rings. The van der Waals surface area contributed by atoms with Crippen LogP contribution in [-0.4, -0.2) is 42.0 Å². The van der Waals surface area contributed by atoms with Crippen LogP contribution in [0.15, 0.2) is 18.5 Å². The van der Waals surface area contributed by atoms with E-state index in [1.165, 1.54) is 17.3 Å². The zero-order chi connectivity index (χ0) is 13.8. The number of anilines is 2. The summed E-state index contributed by atoms with van der Waals surface area (Å²) in [5, 5.41) is 12.4. The van der Waals surface area contributed by atoms with Gasteiger partial charge in [-0.3, -0.25) is 14.3 Å². The average Bonchev–Trinajstić information content (AvgIpc) is 2.41. The minimum Gasteiger partial charge on any atom is -0.465 e. The zero-order valence-electron chi connectivity index (χ0n) is 10.4. The highest BCUT2D eigenvalue weighted by Gasteiger charge is 2.31. The van der Waals surface area contributed by atoms with Crippen molar-refractivity contribution in [2.24, 2.45) is 5.92 Å². The van der Waals surface area contributed by atoms with Gasteiger partial charge in [0.15, 0.2) is 0 Å². The molecule has 4 N–H and O–H groups in total. The molecule has 2 unspecified atom stereocenters. The van der Waals surface area contributed by atoms with Gasteiger partial charge >= 0.3 is 6.09 Å². The Morgan fingerprint density at radius 3 is 3.05 bits per heavy atom. The summed E-state index contributed by atoms with van der Waals surface area (Å²) in [6, 6.07) is 1.24. The second-order valence-electron chi connectivity index (χ2n) is 4.66. The molecule has 7 heteroatoms. The predicted molar refractivity (Wildman–Crippen MR) is 69.9 cm³/mol. The summed E-state index contributed by atoms with van der Waals surface area (Å²) < 4.78 is 12.8. The van der Waals surface area contributed by atoms with Gasteiger partial charge in [0, 0.05) is 25.2 Å². The van der Waals surface area contributed by atoms with Crippen LogP contribution in [0.25, 0.3) is 0 Å². The van der Waals surface area contributed by atoms with Crippen LogP contribution in [0.2, 0.25) is 0 Å². The molecule has 1 saturated heterocycles. The maximum absolute atomic E-state index is 12.8. The molecule has 1 fully saturated rings. The Hall–Kier alpha value is -1.89. The van der Waals surface area contributed by atoms with E-state index in [1.807, 2.05) is 0 Å². The second kappa shape index (κ2) is 5.83. The molecular weight excluding hydrogens is 251 g/mol. The van der Waals surface area contributed by atoms with Crippen molar-refractivity contribution in [3.05, 3.63) is 18.5 Å². The van der Waals surface area contributed by atoms with Crippen LogP contribution in [0, 0.1) is 5.92 Å². The third kappa shape index (κ3) is 2.93. The van der Waals surface area contributed by atoms with Crippen molar-refractivity contribution >= 4 is 17.5 Å². The first kappa shape index (κ1) is 13.5. The number of nitrogens with one attached hydrogen (secondary N) is 1. The van der Waals surface area contributed by atoms with Crippen molar-refractivity contribution in [1.29, 1.82) is 0 Å². The van der Waals surface area contributed by atoms with Gasteiger partial charge in [-0.25, -0.2) is 4.79 Å². The molecule has 6 nitrogen and oxygen atoms in total. The minimum atomic E-state index is -1.09. The smallest absolute Gasteiger partial charge is 0.412 e. The highest BCUT2D eigenvalue weighted by Crippen LogP contribution is 2.27. The van der Waals surface area contributed by atoms with Crippen LogP contribution in [-0.2, 0) is 0 Å². The molecule has 0 saturated carbocycles. The molecule has 104 valence electrons. The predicted octanol–water partition coefficient (Wildman–Crippen LogP) is 1.10. The molecule has 2 atom stereocenters. The Kier molecular flexibility index (Phi) is 4.16. The van der Waals surface area contributed by atoms with E-state index in [-0.39, 0.29) is 12.0 Å². The summed E-state index contributed by atoms with van der Waals surface area (Å²) in [6.07, 6.45) is 2.29. The number of rotatable bonds is 3. The van der Waals surface area contributed by atoms with E-state index in [0.717, 1.165) is 0 Å². The summed E-state index contributed by atoms with van der Waals surface area (Å²) in [7, 11) is 0. The normalized spacial score (nSPS) is 23.0. The SMILES string of the molecule is Nc1cnccc1N(C(=O)O)C1CNCC(CF)C1. The number of pyridine rings is 1. The van der Waals surface area contributed by atoms with Gasteiger partial charge in [0.2, 0.25) is 0 Å². The van der Waals surface area contributed by atoms with E-state index >= 15 is 0 Å². The number of carbonyl (C=O) groups is 1. The molecule has 1 amide bonds. The van der Waals surface area contributed by atoms with Gasteiger partial charge in [-0.15, -0.1) is 0 Å². The van der Waals surface area contributed by atoms with Gasteiger partial charge in [-0.1, -0.05) is 0 Å². The molecule has 0 radical (unpaired) electrons. The number of hydrogen-bond acceptors (Lipinski definition) is 4. The number of nitrogen functional groups attached to an aromatic ring is 1. The fourth-order valence-electron chi connectivity index (χ4n) is 2.39. The van der Waals surface area contributed by atoms with Crippen molar-refractivity contribution in [2.45, 2.75) is 12.5 Å². The molecule has 2 rings (SSSR count). The van der Waals surface area contributed by atoms with Gasteiger partial charge in [-0.05, 0) is 12.5 Å². The quantitative estimate of drug-likeness (QED) is 0.763. The highest BCUT2D eigenvalue weighted by atomic mass is 19.1. The maximum atomic E-state index is 12.8. The molecule has 0 bridgehead atoms. The average molecular weight is 268 g/mol. The molecule has 1 aromatic heterocycles. The molecule has 0 aliphatic carbocycles. The fourth-order valence-corrected chi connectivity index (χ4v) is 2.39. The van der Waals surface area contributed by atoms with Crippen LogP contribution >= 0.6 is 0 Å². The second-order valence-corrected chi connectivity index (χ2v) is 4.66. The fraction of sp³-hybridized carbons (Fsp3) is 0.500. The van der Waals surface area contributed by atoms with Crippen LogP contribution in [0.1, 0.15) is 6.42 Å². The van der Waals surface area contributed by atoms with Crippen molar-refractivity contribution in [2.75, 3.05) is 30.4 Å². The lowest BCUT2D eigenvalue weighted by atomic mass is 9.95. The number of halogens is 1. The molecule has 1 aliphatic heterocycles. The Bertz CT molecular complexity index is 457. The van der Waals surface area contributed by atoms with Crippen molar-refractivity contribution < 1.29 is 14.3 Å². The Morgan fingerprint density at radius 2 is 2.42 bits per heavy atom. The number of alkyl halides is 1. The summed E-state index contributed by atoms with van der Waals surface area (Å²) in [6.45, 7) is 0.611. The number of carboxylic acid groups (broad SMARTS) is 1. The van der Waals surface area contributed by atoms with E-state index in [9.17, 15) is 14.3 Å². The van der Waals surface area contributed by atoms with E-state index in [4.69, 9.17) is 5.73 Å². The van der Waals surface area contributed by atoms with Crippen molar-refractivity contribution in [3.8, 4) is 0 Å². The van der Waals surface area contributed by atoms with Crippen LogP contribution in [0.3, 0.4) is 0 Å². The van der Waals surface area contributed by atoms with Crippen LogP contribution in [0.4, 0.5) is 20.6 Å². The van der Waals surface area contributed by atoms with E-state index in [2.05, 4.69) is 10.3 Å². The van der Waals surface area contributed by atoms with Gasteiger partial charge in [0.1, 0.15) is 0 Å². The van der Waals surface area contributed by atoms with Crippen LogP contribution < -0.4 is 16.0 Å². The zero-order valence-corrected chi connectivity index (χ0v) is 10.4. The number of amides is 1. The number of hydrogen-bond donors (Lipinski definition) is 3. The first-order valence-electron chi connectivity index (χ1n) is 6.11. The Balaban J connectivity index is 2.26. The third-order valence-corrected chi connectivity index (χ3v) is 3.30. The number of nitrogens with two attached hydrogens (primary N) is 1. The topological polar surface area (TPSA) is 91.5 Å². The molecular formula is C12H17FN4O2. The lowest BCUT2D eigenvalue weighted by molar-refractivity contribution is 0.192. The van der Waals surface area contributed by atoms with Gasteiger partial charge in [0.25, 0.3) is 0 Å². The van der Waals surface area contributed by atoms with E-state index in [1.54, 1.807) is 6.07 Å². The minimum absolute atomic E-state index is 0.163. The molecule has 0 spiro atoms. The first-order valence-corrected chi connectivity index (χ1v) is 6.11. The van der Waals surface area contributed by atoms with Crippen molar-refractivity contribution in [3.63, 3.8) is 0 Å². The summed E-state index contributed by atoms with van der Waals surface area (Å²) in [4.78, 5) is 16.5. The molecule has 2 heterocycles. The van der Waals surface area contributed by atoms with Gasteiger partial charge in [-0.2, -0.15) is 0 Å². The molecule has 19 heavy (non-hydrogen) atoms. The third-order valence-electron chi connectivity index (χ3n) is 3.30. The number of aromatic nitrogens is 1. The first-order chi connectivity index (χ1) is 9.13. The lowest BCUT2D eigenvalue weighted by Crippen LogP contribution is -2.51. The largest absolute Gasteiger partial charge is 0.465 e. The molecule has 0 aromatic carbocycles. The van der Waals surface area contributed by atoms with Gasteiger partial charge in [0.05, 0.1) is 30.3 Å². The standard InChI is InChI=1S/C12H17FN4O2/c13-4-8-3-9(6-16-5-8)17(12(18)19)11-1-2-15-7-10(11)14/h1-2,7-9,16H,3-6,14H2,(H,18,19). The monoisotopic (exact) mass is 268 g/mol. The molecule has 1 aromatic rings. The summed E-state index contributed by atoms with van der Waals surface area (Å²) in [5.41, 5.74) is 6.47.